The highest BCUT2D eigenvalue weighted by Crippen LogP contribution is 2.09. The Kier molecular flexibility index (Phi) is 5.93. The summed E-state index contributed by atoms with van der Waals surface area (Å²) in [6.07, 6.45) is 1.63. The molecule has 0 saturated carbocycles. The molecule has 108 valence electrons. The van der Waals surface area contributed by atoms with Gasteiger partial charge in [0.2, 0.25) is 5.91 Å². The van der Waals surface area contributed by atoms with Gasteiger partial charge in [0.25, 0.3) is 0 Å². The van der Waals surface area contributed by atoms with Crippen molar-refractivity contribution in [3.63, 3.8) is 0 Å². The maximum absolute atomic E-state index is 11.8. The quantitative estimate of drug-likeness (QED) is 0.741. The Morgan fingerprint density at radius 1 is 1.40 bits per heavy atom. The second-order valence-corrected chi connectivity index (χ2v) is 4.63. The lowest BCUT2D eigenvalue weighted by Crippen LogP contribution is -2.42. The summed E-state index contributed by atoms with van der Waals surface area (Å²) >= 11 is 0. The topological polar surface area (TPSA) is 69.6 Å². The number of carboxylic acid groups (broad SMARTS) is 1. The van der Waals surface area contributed by atoms with Crippen LogP contribution in [0.25, 0.3) is 0 Å². The minimum Gasteiger partial charge on any atom is -0.478 e. The van der Waals surface area contributed by atoms with Gasteiger partial charge in [0, 0.05) is 13.1 Å². The molecular formula is C15H20N2O3. The summed E-state index contributed by atoms with van der Waals surface area (Å²) in [4.78, 5) is 24.5. The van der Waals surface area contributed by atoms with Crippen LogP contribution in [0.3, 0.4) is 0 Å². The molecule has 1 aromatic rings. The van der Waals surface area contributed by atoms with Gasteiger partial charge >= 0.3 is 5.97 Å². The van der Waals surface area contributed by atoms with Crippen LogP contribution in [-0.4, -0.2) is 41.5 Å². The fourth-order valence-corrected chi connectivity index (χ4v) is 1.70. The van der Waals surface area contributed by atoms with Gasteiger partial charge < -0.3 is 10.4 Å². The fraction of sp³-hybridized carbons (Fsp3) is 0.333. The van der Waals surface area contributed by atoms with Gasteiger partial charge in [-0.05, 0) is 31.7 Å². The highest BCUT2D eigenvalue weighted by molar-refractivity contribution is 5.87. The van der Waals surface area contributed by atoms with Crippen LogP contribution in [0.4, 0.5) is 0 Å². The van der Waals surface area contributed by atoms with Gasteiger partial charge in [-0.2, -0.15) is 0 Å². The van der Waals surface area contributed by atoms with Crippen LogP contribution in [0, 0.1) is 0 Å². The summed E-state index contributed by atoms with van der Waals surface area (Å²) in [5, 5.41) is 11.6. The van der Waals surface area contributed by atoms with E-state index in [1.165, 1.54) is 0 Å². The van der Waals surface area contributed by atoms with Gasteiger partial charge in [0.15, 0.2) is 0 Å². The average Bonchev–Trinajstić information content (AvgIpc) is 2.44. The van der Waals surface area contributed by atoms with Crippen molar-refractivity contribution in [3.8, 4) is 0 Å². The van der Waals surface area contributed by atoms with Gasteiger partial charge in [-0.25, -0.2) is 4.79 Å². The van der Waals surface area contributed by atoms with Crippen molar-refractivity contribution in [1.29, 1.82) is 0 Å². The number of carbonyl (C=O) groups excluding carboxylic acids is 1. The molecule has 0 radical (unpaired) electrons. The average molecular weight is 276 g/mol. The molecule has 20 heavy (non-hydrogen) atoms. The number of hydrogen-bond donors (Lipinski definition) is 2. The third-order valence-electron chi connectivity index (χ3n) is 3.09. The third kappa shape index (κ3) is 4.51. The lowest BCUT2D eigenvalue weighted by molar-refractivity contribution is -0.125. The van der Waals surface area contributed by atoms with Gasteiger partial charge in [0.05, 0.1) is 11.6 Å². The number of benzene rings is 1. The zero-order valence-electron chi connectivity index (χ0n) is 11.8. The smallest absolute Gasteiger partial charge is 0.335 e. The zero-order chi connectivity index (χ0) is 15.1. The molecule has 5 heteroatoms. The van der Waals surface area contributed by atoms with Gasteiger partial charge in [-0.15, -0.1) is 6.58 Å². The first kappa shape index (κ1) is 15.9. The largest absolute Gasteiger partial charge is 0.478 e. The van der Waals surface area contributed by atoms with E-state index in [-0.39, 0.29) is 17.5 Å². The Morgan fingerprint density at radius 3 is 2.50 bits per heavy atom. The minimum atomic E-state index is -0.943. The first-order valence-corrected chi connectivity index (χ1v) is 6.36. The number of nitrogens with one attached hydrogen (secondary N) is 1. The van der Waals surface area contributed by atoms with E-state index >= 15 is 0 Å². The maximum Gasteiger partial charge on any atom is 0.335 e. The third-order valence-corrected chi connectivity index (χ3v) is 3.09. The van der Waals surface area contributed by atoms with Gasteiger partial charge in [-0.1, -0.05) is 18.2 Å². The molecule has 0 spiro atoms. The Hall–Kier alpha value is -2.14. The normalized spacial score (nSPS) is 11.9. The van der Waals surface area contributed by atoms with Crippen LogP contribution in [0.2, 0.25) is 0 Å². The standard InChI is InChI=1S/C15H20N2O3/c1-4-9-16-14(18)11(2)17(3)10-12-5-7-13(8-6-12)15(19)20/h4-8,11H,1,9-10H2,2-3H3,(H,16,18)(H,19,20). The van der Waals surface area contributed by atoms with Gasteiger partial charge in [0.1, 0.15) is 0 Å². The molecule has 2 N–H and O–H groups in total. The molecular weight excluding hydrogens is 256 g/mol. The summed E-state index contributed by atoms with van der Waals surface area (Å²) in [5.74, 6) is -1.00. The summed E-state index contributed by atoms with van der Waals surface area (Å²) in [6, 6.07) is 6.37. The molecule has 0 aromatic heterocycles. The number of hydrogen-bond acceptors (Lipinski definition) is 3. The number of likely N-dealkylation sites (N-methyl/N-ethyl adjacent to an activating group) is 1. The number of amides is 1. The Balaban J connectivity index is 2.60. The molecule has 0 aliphatic carbocycles. The van der Waals surface area contributed by atoms with Gasteiger partial charge in [-0.3, -0.25) is 9.69 Å². The van der Waals surface area contributed by atoms with E-state index in [1.54, 1.807) is 30.3 Å². The fourth-order valence-electron chi connectivity index (χ4n) is 1.70. The molecule has 5 nitrogen and oxygen atoms in total. The predicted octanol–water partition coefficient (Wildman–Crippen LogP) is 1.51. The Morgan fingerprint density at radius 2 is 2.00 bits per heavy atom. The maximum atomic E-state index is 11.8. The van der Waals surface area contributed by atoms with Crippen molar-refractivity contribution in [2.24, 2.45) is 0 Å². The van der Waals surface area contributed by atoms with E-state index in [1.807, 2.05) is 18.9 Å². The summed E-state index contributed by atoms with van der Waals surface area (Å²) in [5.41, 5.74) is 1.22. The summed E-state index contributed by atoms with van der Waals surface area (Å²) in [6.45, 7) is 6.39. The highest BCUT2D eigenvalue weighted by Gasteiger charge is 2.17. The molecule has 1 rings (SSSR count). The number of aromatic carboxylic acids is 1. The van der Waals surface area contributed by atoms with Crippen molar-refractivity contribution >= 4 is 11.9 Å². The van der Waals surface area contributed by atoms with Crippen LogP contribution in [0.15, 0.2) is 36.9 Å². The van der Waals surface area contributed by atoms with Crippen molar-refractivity contribution in [2.75, 3.05) is 13.6 Å². The second kappa shape index (κ2) is 7.45. The van der Waals surface area contributed by atoms with Crippen LogP contribution >= 0.6 is 0 Å². The number of nitrogens with zero attached hydrogens (tertiary/aromatic N) is 1. The molecule has 1 amide bonds. The van der Waals surface area contributed by atoms with Crippen LogP contribution in [0.1, 0.15) is 22.8 Å². The minimum absolute atomic E-state index is 0.0606. The molecule has 0 aliphatic heterocycles. The molecule has 0 heterocycles. The van der Waals surface area contributed by atoms with E-state index in [4.69, 9.17) is 5.11 Å². The van der Waals surface area contributed by atoms with Crippen LogP contribution < -0.4 is 5.32 Å². The molecule has 1 aromatic carbocycles. The Bertz CT molecular complexity index is 482. The predicted molar refractivity (Wildman–Crippen MR) is 77.5 cm³/mol. The van der Waals surface area contributed by atoms with Crippen LogP contribution in [0.5, 0.6) is 0 Å². The second-order valence-electron chi connectivity index (χ2n) is 4.63. The lowest BCUT2D eigenvalue weighted by atomic mass is 10.1. The Labute approximate surface area is 118 Å². The van der Waals surface area contributed by atoms with Crippen molar-refractivity contribution in [2.45, 2.75) is 19.5 Å². The van der Waals surface area contributed by atoms with E-state index < -0.39 is 5.97 Å². The molecule has 1 atom stereocenters. The van der Waals surface area contributed by atoms with E-state index in [0.29, 0.717) is 13.1 Å². The molecule has 0 aliphatic rings. The first-order chi connectivity index (χ1) is 9.45. The molecule has 0 saturated heterocycles. The van der Waals surface area contributed by atoms with Crippen molar-refractivity contribution in [3.05, 3.63) is 48.0 Å². The molecule has 0 fully saturated rings. The number of rotatable bonds is 7. The van der Waals surface area contributed by atoms with E-state index in [9.17, 15) is 9.59 Å². The zero-order valence-corrected chi connectivity index (χ0v) is 11.8. The highest BCUT2D eigenvalue weighted by atomic mass is 16.4. The summed E-state index contributed by atoms with van der Waals surface area (Å²) in [7, 11) is 1.85. The number of carbonyl (C=O) groups is 2. The van der Waals surface area contributed by atoms with Crippen molar-refractivity contribution in [1.82, 2.24) is 10.2 Å². The molecule has 0 bridgehead atoms. The monoisotopic (exact) mass is 276 g/mol. The molecule has 1 unspecified atom stereocenters. The lowest BCUT2D eigenvalue weighted by Gasteiger charge is -2.23. The van der Waals surface area contributed by atoms with Crippen molar-refractivity contribution < 1.29 is 14.7 Å². The van der Waals surface area contributed by atoms with Crippen LogP contribution in [-0.2, 0) is 11.3 Å². The first-order valence-electron chi connectivity index (χ1n) is 6.36. The van der Waals surface area contributed by atoms with E-state index in [2.05, 4.69) is 11.9 Å². The summed E-state index contributed by atoms with van der Waals surface area (Å²) < 4.78 is 0. The number of carboxylic acids is 1. The van der Waals surface area contributed by atoms with E-state index in [0.717, 1.165) is 5.56 Å². The SMILES string of the molecule is C=CCNC(=O)C(C)N(C)Cc1ccc(C(=O)O)cc1.